The van der Waals surface area contributed by atoms with Crippen LogP contribution in [0, 0.1) is 0 Å². The van der Waals surface area contributed by atoms with Crippen LogP contribution >= 0.6 is 11.6 Å². The maximum Gasteiger partial charge on any atom is 0.263 e. The van der Waals surface area contributed by atoms with Crippen molar-refractivity contribution in [3.8, 4) is 5.75 Å². The van der Waals surface area contributed by atoms with Gasteiger partial charge in [0.05, 0.1) is 5.92 Å². The molecule has 1 N–H and O–H groups in total. The van der Waals surface area contributed by atoms with Crippen LogP contribution in [0.3, 0.4) is 0 Å². The van der Waals surface area contributed by atoms with E-state index < -0.39 is 6.10 Å². The number of carbonyl (C=O) groups excluding carboxylic acids is 2. The molecule has 4 rings (SSSR count). The van der Waals surface area contributed by atoms with Crippen LogP contribution in [0.15, 0.2) is 72.8 Å². The molecule has 170 valence electrons. The molecule has 0 saturated carbocycles. The number of anilines is 1. The number of hydrogen-bond acceptors (Lipinski definition) is 3. The number of rotatable bonds is 6. The zero-order valence-electron chi connectivity index (χ0n) is 18.8. The highest BCUT2D eigenvalue weighted by molar-refractivity contribution is 6.31. The highest BCUT2D eigenvalue weighted by Crippen LogP contribution is 2.31. The Morgan fingerprint density at radius 3 is 2.58 bits per heavy atom. The Morgan fingerprint density at radius 1 is 1.12 bits per heavy atom. The Bertz CT molecular complexity index is 1150. The maximum absolute atomic E-state index is 13.0. The molecule has 3 aromatic rings. The first kappa shape index (κ1) is 22.9. The van der Waals surface area contributed by atoms with Crippen molar-refractivity contribution in [3.63, 3.8) is 0 Å². The van der Waals surface area contributed by atoms with Crippen LogP contribution in [-0.2, 0) is 22.7 Å². The van der Waals surface area contributed by atoms with Crippen molar-refractivity contribution in [2.24, 2.45) is 0 Å². The van der Waals surface area contributed by atoms with Gasteiger partial charge in [-0.2, -0.15) is 0 Å². The summed E-state index contributed by atoms with van der Waals surface area (Å²) in [6.45, 7) is 4.50. The molecule has 2 amide bonds. The lowest BCUT2D eigenvalue weighted by Gasteiger charge is -2.23. The highest BCUT2D eigenvalue weighted by Gasteiger charge is 2.29. The lowest BCUT2D eigenvalue weighted by atomic mass is 9.95. The third kappa shape index (κ3) is 5.20. The Kier molecular flexibility index (Phi) is 6.99. The number of halogens is 1. The minimum absolute atomic E-state index is 0.0597. The number of benzene rings is 3. The van der Waals surface area contributed by atoms with Gasteiger partial charge in [-0.1, -0.05) is 67.1 Å². The molecule has 0 radical (unpaired) electrons. The molecule has 0 spiro atoms. The lowest BCUT2D eigenvalue weighted by molar-refractivity contribution is -0.138. The maximum atomic E-state index is 13.0. The third-order valence-electron chi connectivity index (χ3n) is 5.90. The number of fused-ring (bicyclic) bond motifs is 1. The van der Waals surface area contributed by atoms with E-state index in [-0.39, 0.29) is 17.7 Å². The summed E-state index contributed by atoms with van der Waals surface area (Å²) in [5.74, 6) is 0.243. The average Bonchev–Trinajstić information content (AvgIpc) is 2.93. The van der Waals surface area contributed by atoms with Crippen molar-refractivity contribution in [1.29, 1.82) is 0 Å². The van der Waals surface area contributed by atoms with Gasteiger partial charge in [0.25, 0.3) is 5.91 Å². The Balaban J connectivity index is 1.56. The van der Waals surface area contributed by atoms with Gasteiger partial charge in [0.1, 0.15) is 5.75 Å². The normalized spacial score (nSPS) is 16.4. The molecule has 1 aliphatic heterocycles. The first-order chi connectivity index (χ1) is 16.0. The van der Waals surface area contributed by atoms with E-state index in [1.165, 1.54) is 0 Å². The predicted octanol–water partition coefficient (Wildman–Crippen LogP) is 5.78. The van der Waals surface area contributed by atoms with Gasteiger partial charge in [-0.05, 0) is 48.7 Å². The van der Waals surface area contributed by atoms with Gasteiger partial charge >= 0.3 is 0 Å². The fraction of sp³-hybridized carbons (Fsp3) is 0.259. The summed E-state index contributed by atoms with van der Waals surface area (Å²) >= 11 is 6.33. The molecule has 6 heteroatoms. The molecule has 3 aromatic carbocycles. The third-order valence-corrected chi connectivity index (χ3v) is 6.27. The van der Waals surface area contributed by atoms with Crippen LogP contribution in [0.4, 0.5) is 5.69 Å². The van der Waals surface area contributed by atoms with Crippen molar-refractivity contribution < 1.29 is 14.3 Å². The van der Waals surface area contributed by atoms with Crippen LogP contribution in [0.1, 0.15) is 42.9 Å². The summed E-state index contributed by atoms with van der Waals surface area (Å²) in [6, 6.07) is 22.8. The molecular formula is C27H27ClN2O3. The van der Waals surface area contributed by atoms with Crippen LogP contribution in [0.5, 0.6) is 5.75 Å². The van der Waals surface area contributed by atoms with Crippen LogP contribution in [-0.4, -0.2) is 22.8 Å². The molecule has 0 aromatic heterocycles. The molecule has 2 atom stereocenters. The Hall–Kier alpha value is -3.31. The zero-order valence-corrected chi connectivity index (χ0v) is 19.5. The second kappa shape index (κ2) is 10.1. The van der Waals surface area contributed by atoms with Gasteiger partial charge in [-0.3, -0.25) is 9.59 Å². The van der Waals surface area contributed by atoms with Crippen LogP contribution in [0.25, 0.3) is 0 Å². The van der Waals surface area contributed by atoms with Gasteiger partial charge in [-0.25, -0.2) is 0 Å². The molecule has 0 unspecified atom stereocenters. The number of nitrogens with zero attached hydrogens (tertiary/aromatic N) is 1. The number of hydrogen-bond donors (Lipinski definition) is 1. The molecule has 1 aliphatic rings. The SMILES string of the molecule is CC[C@H](C(=O)Nc1ccc2c(c1)CN(Cc1ccccc1Cl)C(=O)[C@H](C)O2)c1ccccc1. The standard InChI is InChI=1S/C27H27ClN2O3/c1-3-23(19-9-5-4-6-10-19)26(31)29-22-13-14-25-21(15-22)17-30(27(32)18(2)33-25)16-20-11-7-8-12-24(20)28/h4-15,18,23H,3,16-17H2,1-2H3,(H,29,31)/t18-,23-/m0/s1. The van der Waals surface area contributed by atoms with E-state index in [1.54, 1.807) is 11.8 Å². The molecule has 33 heavy (non-hydrogen) atoms. The number of nitrogens with one attached hydrogen (secondary N) is 1. The quantitative estimate of drug-likeness (QED) is 0.505. The highest BCUT2D eigenvalue weighted by atomic mass is 35.5. The van der Waals surface area contributed by atoms with Crippen molar-refractivity contribution in [2.75, 3.05) is 5.32 Å². The Morgan fingerprint density at radius 2 is 1.85 bits per heavy atom. The van der Waals surface area contributed by atoms with E-state index in [4.69, 9.17) is 16.3 Å². The lowest BCUT2D eigenvalue weighted by Crippen LogP contribution is -2.37. The molecule has 0 aliphatic carbocycles. The van der Waals surface area contributed by atoms with Gasteiger partial charge in [0, 0.05) is 29.4 Å². The summed E-state index contributed by atoms with van der Waals surface area (Å²) in [4.78, 5) is 27.7. The average molecular weight is 463 g/mol. The minimum atomic E-state index is -0.614. The van der Waals surface area contributed by atoms with Crippen molar-refractivity contribution in [2.45, 2.75) is 45.4 Å². The molecule has 0 fully saturated rings. The topological polar surface area (TPSA) is 58.6 Å². The smallest absolute Gasteiger partial charge is 0.263 e. The largest absolute Gasteiger partial charge is 0.481 e. The summed E-state index contributed by atoms with van der Waals surface area (Å²) in [5.41, 5.74) is 3.38. The van der Waals surface area contributed by atoms with Gasteiger partial charge < -0.3 is 15.0 Å². The van der Waals surface area contributed by atoms with Gasteiger partial charge in [0.2, 0.25) is 5.91 Å². The van der Waals surface area contributed by atoms with Gasteiger partial charge in [-0.15, -0.1) is 0 Å². The Labute approximate surface area is 199 Å². The summed E-state index contributed by atoms with van der Waals surface area (Å²) < 4.78 is 5.93. The van der Waals surface area contributed by atoms with E-state index in [0.717, 1.165) is 16.7 Å². The summed E-state index contributed by atoms with van der Waals surface area (Å²) in [7, 11) is 0. The van der Waals surface area contributed by atoms with Crippen LogP contribution < -0.4 is 10.1 Å². The minimum Gasteiger partial charge on any atom is -0.481 e. The van der Waals surface area contributed by atoms with Gasteiger partial charge in [0.15, 0.2) is 6.10 Å². The molecule has 0 saturated heterocycles. The monoisotopic (exact) mass is 462 g/mol. The predicted molar refractivity (Wildman–Crippen MR) is 130 cm³/mol. The number of amides is 2. The first-order valence-corrected chi connectivity index (χ1v) is 11.5. The van der Waals surface area contributed by atoms with Crippen LogP contribution in [0.2, 0.25) is 5.02 Å². The van der Waals surface area contributed by atoms with E-state index >= 15 is 0 Å². The van der Waals surface area contributed by atoms with E-state index in [0.29, 0.717) is 36.0 Å². The van der Waals surface area contributed by atoms with Crippen molar-refractivity contribution >= 4 is 29.1 Å². The molecule has 1 heterocycles. The fourth-order valence-corrected chi connectivity index (χ4v) is 4.33. The number of carbonyl (C=O) groups is 2. The van der Waals surface area contributed by atoms with Crippen molar-refractivity contribution in [3.05, 3.63) is 94.5 Å². The van der Waals surface area contributed by atoms with E-state index in [2.05, 4.69) is 5.32 Å². The van der Waals surface area contributed by atoms with E-state index in [9.17, 15) is 9.59 Å². The second-order valence-corrected chi connectivity index (χ2v) is 8.64. The van der Waals surface area contributed by atoms with Crippen molar-refractivity contribution in [1.82, 2.24) is 4.90 Å². The van der Waals surface area contributed by atoms with E-state index in [1.807, 2.05) is 79.7 Å². The first-order valence-electron chi connectivity index (χ1n) is 11.1. The summed E-state index contributed by atoms with van der Waals surface area (Å²) in [6.07, 6.45) is 0.0818. The molecule has 5 nitrogen and oxygen atoms in total. The molecular weight excluding hydrogens is 436 g/mol. The number of ether oxygens (including phenoxy) is 1. The fourth-order valence-electron chi connectivity index (χ4n) is 4.13. The summed E-state index contributed by atoms with van der Waals surface area (Å²) in [5, 5.41) is 3.66. The molecule has 0 bridgehead atoms. The second-order valence-electron chi connectivity index (χ2n) is 8.23. The zero-order chi connectivity index (χ0) is 23.4.